The molecule has 1 aliphatic heterocycles. The van der Waals surface area contributed by atoms with Gasteiger partial charge in [0.2, 0.25) is 15.9 Å². The number of amides is 1. The van der Waals surface area contributed by atoms with Crippen LogP contribution in [0.5, 0.6) is 0 Å². The predicted octanol–water partition coefficient (Wildman–Crippen LogP) is 3.07. The summed E-state index contributed by atoms with van der Waals surface area (Å²) in [4.78, 5) is 30.0. The summed E-state index contributed by atoms with van der Waals surface area (Å²) in [6.45, 7) is 1.75. The molecule has 36 heavy (non-hydrogen) atoms. The quantitative estimate of drug-likeness (QED) is 0.522. The van der Waals surface area contributed by atoms with E-state index in [2.05, 4.69) is 4.98 Å². The maximum Gasteiger partial charge on any atom is 0.340 e. The van der Waals surface area contributed by atoms with Crippen molar-refractivity contribution < 1.29 is 35.9 Å². The Morgan fingerprint density at radius 3 is 2.44 bits per heavy atom. The van der Waals surface area contributed by atoms with E-state index in [1.165, 1.54) is 24.0 Å². The maximum absolute atomic E-state index is 13.6. The number of esters is 1. The van der Waals surface area contributed by atoms with Crippen molar-refractivity contribution in [2.75, 3.05) is 24.6 Å². The molecule has 1 aromatic heterocycles. The van der Waals surface area contributed by atoms with Gasteiger partial charge in [-0.25, -0.2) is 31.4 Å². The highest BCUT2D eigenvalue weighted by Crippen LogP contribution is 2.30. The van der Waals surface area contributed by atoms with Crippen LogP contribution in [-0.4, -0.2) is 45.0 Å². The number of aromatic nitrogens is 1. The first-order valence-electron chi connectivity index (χ1n) is 11.0. The molecule has 1 aromatic carbocycles. The van der Waals surface area contributed by atoms with Gasteiger partial charge >= 0.3 is 5.97 Å². The third-order valence-corrected chi connectivity index (χ3v) is 6.77. The van der Waals surface area contributed by atoms with E-state index in [-0.39, 0.29) is 43.9 Å². The highest BCUT2D eigenvalue weighted by atomic mass is 32.2. The standard InChI is InChI=1S/C23H23F3N4O5S/c1-2-35-23(32)18-11-16(12-27)21(28-19(18)20(25)26)30-9-7-15(8-10-30)22(31)29-36(33,34)13-14-3-5-17(24)6-4-14/h3-6,11,15,20H,2,7-10,13H2,1H3,(H,29,31). The smallest absolute Gasteiger partial charge is 0.340 e. The second kappa shape index (κ2) is 11.4. The molecule has 0 aliphatic carbocycles. The molecular weight excluding hydrogens is 501 g/mol. The van der Waals surface area contributed by atoms with E-state index in [9.17, 15) is 36.4 Å². The average molecular weight is 525 g/mol. The number of hydrogen-bond donors (Lipinski definition) is 1. The first-order valence-corrected chi connectivity index (χ1v) is 12.6. The van der Waals surface area contributed by atoms with Crippen LogP contribution < -0.4 is 9.62 Å². The molecule has 2 aromatic rings. The molecule has 0 saturated carbocycles. The van der Waals surface area contributed by atoms with Gasteiger partial charge in [0, 0.05) is 19.0 Å². The Morgan fingerprint density at radius 1 is 1.25 bits per heavy atom. The third kappa shape index (κ3) is 6.51. The van der Waals surface area contributed by atoms with E-state index >= 15 is 0 Å². The van der Waals surface area contributed by atoms with Crippen LogP contribution in [0.3, 0.4) is 0 Å². The fraction of sp³-hybridized carbons (Fsp3) is 0.391. The summed E-state index contributed by atoms with van der Waals surface area (Å²) < 4.78 is 71.8. The first kappa shape index (κ1) is 26.9. The zero-order valence-electron chi connectivity index (χ0n) is 19.2. The number of ether oxygens (including phenoxy) is 1. The summed E-state index contributed by atoms with van der Waals surface area (Å²) in [6.07, 6.45) is -2.74. The van der Waals surface area contributed by atoms with Crippen LogP contribution in [-0.2, 0) is 25.3 Å². The summed E-state index contributed by atoms with van der Waals surface area (Å²) in [6, 6.07) is 7.70. The summed E-state index contributed by atoms with van der Waals surface area (Å²) in [7, 11) is -4.02. The number of carbonyl (C=O) groups excluding carboxylic acids is 2. The van der Waals surface area contributed by atoms with Gasteiger partial charge in [-0.3, -0.25) is 9.52 Å². The van der Waals surface area contributed by atoms with Crippen molar-refractivity contribution in [3.8, 4) is 6.07 Å². The fourth-order valence-electron chi connectivity index (χ4n) is 3.81. The van der Waals surface area contributed by atoms with Crippen molar-refractivity contribution in [2.45, 2.75) is 31.9 Å². The molecule has 9 nitrogen and oxygen atoms in total. The number of piperidine rings is 1. The molecule has 192 valence electrons. The highest BCUT2D eigenvalue weighted by Gasteiger charge is 2.31. The van der Waals surface area contributed by atoms with Gasteiger partial charge in [-0.1, -0.05) is 12.1 Å². The van der Waals surface area contributed by atoms with Crippen molar-refractivity contribution in [2.24, 2.45) is 5.92 Å². The van der Waals surface area contributed by atoms with Crippen LogP contribution in [0.1, 0.15) is 53.4 Å². The van der Waals surface area contributed by atoms with Crippen molar-refractivity contribution >= 4 is 27.7 Å². The number of pyridine rings is 1. The molecule has 0 atom stereocenters. The first-order chi connectivity index (χ1) is 17.0. The fourth-order valence-corrected chi connectivity index (χ4v) is 4.98. The molecule has 1 aliphatic rings. The minimum absolute atomic E-state index is 0.0413. The molecule has 1 fully saturated rings. The molecule has 13 heteroatoms. The summed E-state index contributed by atoms with van der Waals surface area (Å²) >= 11 is 0. The van der Waals surface area contributed by atoms with E-state index < -0.39 is 57.1 Å². The second-order valence-corrected chi connectivity index (χ2v) is 9.76. The molecule has 0 spiro atoms. The molecule has 1 N–H and O–H groups in total. The molecular formula is C23H23F3N4O5S. The third-order valence-electron chi connectivity index (χ3n) is 5.55. The molecule has 0 bridgehead atoms. The van der Waals surface area contributed by atoms with E-state index in [4.69, 9.17) is 4.74 Å². The summed E-state index contributed by atoms with van der Waals surface area (Å²) in [5.41, 5.74) is -1.10. The molecule has 3 rings (SSSR count). The van der Waals surface area contributed by atoms with Crippen LogP contribution in [0.25, 0.3) is 0 Å². The van der Waals surface area contributed by atoms with Crippen LogP contribution in [0.4, 0.5) is 19.0 Å². The number of rotatable bonds is 8. The van der Waals surface area contributed by atoms with E-state index in [0.717, 1.165) is 18.2 Å². The largest absolute Gasteiger partial charge is 0.462 e. The molecule has 0 radical (unpaired) electrons. The average Bonchev–Trinajstić information content (AvgIpc) is 2.84. The Hall–Kier alpha value is -3.66. The van der Waals surface area contributed by atoms with Crippen molar-refractivity contribution in [1.82, 2.24) is 9.71 Å². The lowest BCUT2D eigenvalue weighted by atomic mass is 9.96. The maximum atomic E-state index is 13.6. The number of carbonyl (C=O) groups is 2. The number of halogens is 3. The van der Waals surface area contributed by atoms with Gasteiger partial charge in [0.25, 0.3) is 6.43 Å². The molecule has 0 unspecified atom stereocenters. The van der Waals surface area contributed by atoms with Crippen LogP contribution in [0.2, 0.25) is 0 Å². The second-order valence-electron chi connectivity index (χ2n) is 8.04. The highest BCUT2D eigenvalue weighted by molar-refractivity contribution is 7.89. The number of hydrogen-bond acceptors (Lipinski definition) is 8. The number of nitrogens with zero attached hydrogens (tertiary/aromatic N) is 3. The number of alkyl halides is 2. The van der Waals surface area contributed by atoms with Crippen LogP contribution >= 0.6 is 0 Å². The monoisotopic (exact) mass is 524 g/mol. The van der Waals surface area contributed by atoms with Crippen LogP contribution in [0, 0.1) is 23.1 Å². The van der Waals surface area contributed by atoms with Gasteiger partial charge in [0.1, 0.15) is 23.4 Å². The minimum Gasteiger partial charge on any atom is -0.462 e. The number of nitrogens with one attached hydrogen (secondary N) is 1. The Bertz CT molecular complexity index is 1270. The number of benzene rings is 1. The minimum atomic E-state index is -4.02. The molecule has 1 amide bonds. The van der Waals surface area contributed by atoms with Crippen molar-refractivity contribution in [1.29, 1.82) is 5.26 Å². The van der Waals surface area contributed by atoms with Gasteiger partial charge in [-0.2, -0.15) is 5.26 Å². The number of anilines is 1. The van der Waals surface area contributed by atoms with Gasteiger partial charge < -0.3 is 9.64 Å². The summed E-state index contributed by atoms with van der Waals surface area (Å²) in [5.74, 6) is -3.47. The predicted molar refractivity (Wildman–Crippen MR) is 122 cm³/mol. The van der Waals surface area contributed by atoms with Crippen molar-refractivity contribution in [3.05, 3.63) is 58.5 Å². The lowest BCUT2D eigenvalue weighted by Crippen LogP contribution is -2.43. The summed E-state index contributed by atoms with van der Waals surface area (Å²) in [5, 5.41) is 9.51. The van der Waals surface area contributed by atoms with Gasteiger partial charge in [0.15, 0.2) is 0 Å². The lowest BCUT2D eigenvalue weighted by Gasteiger charge is -2.33. The van der Waals surface area contributed by atoms with Crippen LogP contribution in [0.15, 0.2) is 30.3 Å². The Balaban J connectivity index is 1.70. The van der Waals surface area contributed by atoms with E-state index in [0.29, 0.717) is 5.56 Å². The Labute approximate surface area is 205 Å². The Kier molecular flexibility index (Phi) is 8.52. The topological polar surface area (TPSA) is 129 Å². The lowest BCUT2D eigenvalue weighted by molar-refractivity contribution is -0.123. The zero-order valence-corrected chi connectivity index (χ0v) is 20.0. The van der Waals surface area contributed by atoms with Crippen molar-refractivity contribution in [3.63, 3.8) is 0 Å². The van der Waals surface area contributed by atoms with Gasteiger partial charge in [-0.15, -0.1) is 0 Å². The molecule has 2 heterocycles. The molecule has 1 saturated heterocycles. The van der Waals surface area contributed by atoms with E-state index in [1.54, 1.807) is 0 Å². The SMILES string of the molecule is CCOC(=O)c1cc(C#N)c(N2CCC(C(=O)NS(=O)(=O)Cc3ccc(F)cc3)CC2)nc1C(F)F. The van der Waals surface area contributed by atoms with Gasteiger partial charge in [0.05, 0.1) is 23.5 Å². The number of sulfonamides is 1. The zero-order chi connectivity index (χ0) is 26.5. The number of nitriles is 1. The Morgan fingerprint density at radius 2 is 1.89 bits per heavy atom. The normalized spacial score (nSPS) is 14.4. The van der Waals surface area contributed by atoms with Gasteiger partial charge in [-0.05, 0) is 43.5 Å². The van der Waals surface area contributed by atoms with E-state index in [1.807, 2.05) is 10.8 Å².